The van der Waals surface area contributed by atoms with Crippen molar-refractivity contribution in [2.45, 2.75) is 44.7 Å². The Labute approximate surface area is 158 Å². The molecule has 0 spiro atoms. The van der Waals surface area contributed by atoms with Crippen LogP contribution in [0.1, 0.15) is 54.2 Å². The molecule has 2 aliphatic heterocycles. The summed E-state index contributed by atoms with van der Waals surface area (Å²) in [4.78, 5) is 16.7. The Bertz CT molecular complexity index is 786. The molecule has 4 rings (SSSR count). The topological polar surface area (TPSA) is 54.3 Å². The number of carbonyl (C=O) groups is 1. The van der Waals surface area contributed by atoms with Crippen molar-refractivity contribution < 1.29 is 9.18 Å². The van der Waals surface area contributed by atoms with Crippen molar-refractivity contribution in [3.05, 3.63) is 47.5 Å². The molecule has 1 atom stereocenters. The van der Waals surface area contributed by atoms with Gasteiger partial charge in [-0.25, -0.2) is 9.07 Å². The zero-order valence-corrected chi connectivity index (χ0v) is 15.6. The first kappa shape index (κ1) is 18.1. The molecule has 2 aliphatic rings. The molecule has 27 heavy (non-hydrogen) atoms. The number of aromatic nitrogens is 3. The summed E-state index contributed by atoms with van der Waals surface area (Å²) in [5, 5.41) is 8.37. The van der Waals surface area contributed by atoms with Crippen molar-refractivity contribution in [3.8, 4) is 0 Å². The van der Waals surface area contributed by atoms with Gasteiger partial charge in [-0.05, 0) is 44.7 Å². The number of nitrogens with zero attached hydrogens (tertiary/aromatic N) is 5. The van der Waals surface area contributed by atoms with Gasteiger partial charge in [0.05, 0.1) is 12.2 Å². The molecule has 6 nitrogen and oxygen atoms in total. The fraction of sp³-hybridized carbons (Fsp3) is 0.550. The minimum absolute atomic E-state index is 0.0139. The summed E-state index contributed by atoms with van der Waals surface area (Å²) in [7, 11) is 0. The van der Waals surface area contributed by atoms with Crippen molar-refractivity contribution in [1.82, 2.24) is 24.8 Å². The first-order valence-corrected chi connectivity index (χ1v) is 9.87. The quantitative estimate of drug-likeness (QED) is 0.829. The largest absolute Gasteiger partial charge is 0.337 e. The Balaban J connectivity index is 1.40. The van der Waals surface area contributed by atoms with Gasteiger partial charge in [0.1, 0.15) is 5.82 Å². The zero-order chi connectivity index (χ0) is 18.6. The van der Waals surface area contributed by atoms with Gasteiger partial charge in [0.15, 0.2) is 5.69 Å². The van der Waals surface area contributed by atoms with Gasteiger partial charge in [-0.2, -0.15) is 0 Å². The molecule has 0 radical (unpaired) electrons. The van der Waals surface area contributed by atoms with E-state index in [0.29, 0.717) is 12.2 Å². The summed E-state index contributed by atoms with van der Waals surface area (Å²) < 4.78 is 15.8. The standard InChI is InChI=1S/C20H26FN5O/c21-18-9-3-2-7-16(18)13-24-10-6-8-17(14-24)26-15-19(22-23-26)20(27)25-11-4-1-5-12-25/h2-3,7,9,15,17H,1,4-6,8,10-14H2. The number of carbonyl (C=O) groups excluding carboxylic acids is 1. The van der Waals surface area contributed by atoms with Crippen molar-refractivity contribution in [1.29, 1.82) is 0 Å². The van der Waals surface area contributed by atoms with E-state index in [4.69, 9.17) is 0 Å². The Morgan fingerprint density at radius 1 is 1.11 bits per heavy atom. The lowest BCUT2D eigenvalue weighted by Gasteiger charge is -2.32. The maximum Gasteiger partial charge on any atom is 0.276 e. The minimum atomic E-state index is -0.158. The molecule has 0 N–H and O–H groups in total. The van der Waals surface area contributed by atoms with Crippen LogP contribution in [0.2, 0.25) is 0 Å². The van der Waals surface area contributed by atoms with Crippen LogP contribution in [0.3, 0.4) is 0 Å². The van der Waals surface area contributed by atoms with Crippen LogP contribution in [-0.2, 0) is 6.54 Å². The Morgan fingerprint density at radius 2 is 1.93 bits per heavy atom. The summed E-state index contributed by atoms with van der Waals surface area (Å²) in [6.07, 6.45) is 7.12. The van der Waals surface area contributed by atoms with E-state index in [-0.39, 0.29) is 17.8 Å². The van der Waals surface area contributed by atoms with E-state index in [2.05, 4.69) is 15.2 Å². The molecule has 2 fully saturated rings. The van der Waals surface area contributed by atoms with Gasteiger partial charge in [0.25, 0.3) is 5.91 Å². The number of piperidine rings is 2. The second kappa shape index (κ2) is 8.17. The number of amides is 1. The summed E-state index contributed by atoms with van der Waals surface area (Å²) in [6.45, 7) is 3.95. The molecule has 144 valence electrons. The van der Waals surface area contributed by atoms with Gasteiger partial charge in [-0.3, -0.25) is 9.69 Å². The molecule has 0 saturated carbocycles. The number of hydrogen-bond acceptors (Lipinski definition) is 4. The zero-order valence-electron chi connectivity index (χ0n) is 15.6. The smallest absolute Gasteiger partial charge is 0.276 e. The highest BCUT2D eigenvalue weighted by atomic mass is 19.1. The third kappa shape index (κ3) is 4.18. The second-order valence-electron chi connectivity index (χ2n) is 7.56. The summed E-state index contributed by atoms with van der Waals surface area (Å²) >= 11 is 0. The Morgan fingerprint density at radius 3 is 2.74 bits per heavy atom. The van der Waals surface area contributed by atoms with Crippen LogP contribution in [0.4, 0.5) is 4.39 Å². The lowest BCUT2D eigenvalue weighted by atomic mass is 10.0. The maximum absolute atomic E-state index is 13.9. The highest BCUT2D eigenvalue weighted by Crippen LogP contribution is 2.23. The van der Waals surface area contributed by atoms with Crippen molar-refractivity contribution in [2.24, 2.45) is 0 Å². The van der Waals surface area contributed by atoms with E-state index < -0.39 is 0 Å². The van der Waals surface area contributed by atoms with Gasteiger partial charge < -0.3 is 4.90 Å². The molecular weight excluding hydrogens is 345 g/mol. The molecule has 2 saturated heterocycles. The van der Waals surface area contributed by atoms with Gasteiger partial charge in [0.2, 0.25) is 0 Å². The van der Waals surface area contributed by atoms with Crippen LogP contribution in [-0.4, -0.2) is 56.9 Å². The summed E-state index contributed by atoms with van der Waals surface area (Å²) in [6, 6.07) is 7.10. The minimum Gasteiger partial charge on any atom is -0.337 e. The fourth-order valence-corrected chi connectivity index (χ4v) is 4.07. The van der Waals surface area contributed by atoms with Gasteiger partial charge in [0, 0.05) is 31.7 Å². The van der Waals surface area contributed by atoms with Gasteiger partial charge in [-0.15, -0.1) is 5.10 Å². The number of halogens is 1. The van der Waals surface area contributed by atoms with Gasteiger partial charge in [-0.1, -0.05) is 23.4 Å². The van der Waals surface area contributed by atoms with Gasteiger partial charge >= 0.3 is 0 Å². The van der Waals surface area contributed by atoms with E-state index in [1.807, 2.05) is 21.7 Å². The molecule has 1 amide bonds. The number of hydrogen-bond donors (Lipinski definition) is 0. The first-order valence-electron chi connectivity index (χ1n) is 9.87. The monoisotopic (exact) mass is 371 g/mol. The Kier molecular flexibility index (Phi) is 5.48. The molecule has 1 aromatic heterocycles. The molecule has 1 unspecified atom stereocenters. The predicted octanol–water partition coefficient (Wildman–Crippen LogP) is 2.88. The van der Waals surface area contributed by atoms with E-state index in [9.17, 15) is 9.18 Å². The normalized spacial score (nSPS) is 21.4. The first-order chi connectivity index (χ1) is 13.2. The molecule has 7 heteroatoms. The third-order valence-corrected chi connectivity index (χ3v) is 5.58. The van der Waals surface area contributed by atoms with Crippen molar-refractivity contribution >= 4 is 5.91 Å². The van der Waals surface area contributed by atoms with Crippen LogP contribution >= 0.6 is 0 Å². The lowest BCUT2D eigenvalue weighted by molar-refractivity contribution is 0.0718. The van der Waals surface area contributed by atoms with E-state index in [1.54, 1.807) is 12.3 Å². The molecule has 0 bridgehead atoms. The second-order valence-corrected chi connectivity index (χ2v) is 7.56. The molecule has 1 aromatic carbocycles. The van der Waals surface area contributed by atoms with Crippen LogP contribution in [0.25, 0.3) is 0 Å². The molecule has 2 aromatic rings. The molecule has 0 aliphatic carbocycles. The van der Waals surface area contributed by atoms with Crippen LogP contribution in [0.15, 0.2) is 30.5 Å². The maximum atomic E-state index is 13.9. The summed E-state index contributed by atoms with van der Waals surface area (Å²) in [5.74, 6) is -0.172. The average molecular weight is 371 g/mol. The predicted molar refractivity (Wildman–Crippen MR) is 99.7 cm³/mol. The fourth-order valence-electron chi connectivity index (χ4n) is 4.07. The van der Waals surface area contributed by atoms with Crippen molar-refractivity contribution in [2.75, 3.05) is 26.2 Å². The van der Waals surface area contributed by atoms with E-state index in [0.717, 1.165) is 57.4 Å². The molecular formula is C20H26FN5O. The van der Waals surface area contributed by atoms with Crippen LogP contribution in [0, 0.1) is 5.82 Å². The van der Waals surface area contributed by atoms with Crippen LogP contribution < -0.4 is 0 Å². The highest BCUT2D eigenvalue weighted by Gasteiger charge is 2.26. The number of benzene rings is 1. The van der Waals surface area contributed by atoms with E-state index >= 15 is 0 Å². The van der Waals surface area contributed by atoms with Crippen molar-refractivity contribution in [3.63, 3.8) is 0 Å². The molecule has 3 heterocycles. The summed E-state index contributed by atoms with van der Waals surface area (Å²) in [5.41, 5.74) is 1.15. The average Bonchev–Trinajstić information content (AvgIpc) is 3.20. The van der Waals surface area contributed by atoms with Crippen LogP contribution in [0.5, 0.6) is 0 Å². The number of rotatable bonds is 4. The number of likely N-dealkylation sites (tertiary alicyclic amines) is 2. The third-order valence-electron chi connectivity index (χ3n) is 5.58. The SMILES string of the molecule is O=C(c1cn(C2CCCN(Cc3ccccc3F)C2)nn1)N1CCCCC1. The van der Waals surface area contributed by atoms with E-state index in [1.165, 1.54) is 12.5 Å². The Hall–Kier alpha value is -2.28. The highest BCUT2D eigenvalue weighted by molar-refractivity contribution is 5.91. The lowest BCUT2D eigenvalue weighted by Crippen LogP contribution is -2.36.